The van der Waals surface area contributed by atoms with Gasteiger partial charge in [-0.15, -0.1) is 11.3 Å². The smallest absolute Gasteiger partial charge is 0.0987 e. The van der Waals surface area contributed by atoms with Crippen LogP contribution < -0.4 is 5.32 Å². The molecule has 19 heavy (non-hydrogen) atoms. The summed E-state index contributed by atoms with van der Waals surface area (Å²) in [6, 6.07) is 0. The number of thiazole rings is 1. The van der Waals surface area contributed by atoms with Crippen molar-refractivity contribution in [3.8, 4) is 0 Å². The summed E-state index contributed by atoms with van der Waals surface area (Å²) in [5.74, 6) is 0.476. The monoisotopic (exact) mass is 284 g/mol. The SMILES string of the molecule is COCc1nc(C2CCOC2)sc1CNC(C)(C)C. The lowest BCUT2D eigenvalue weighted by Crippen LogP contribution is -2.35. The van der Waals surface area contributed by atoms with Crippen molar-refractivity contribution >= 4 is 11.3 Å². The zero-order valence-electron chi connectivity index (χ0n) is 12.3. The van der Waals surface area contributed by atoms with Crippen molar-refractivity contribution in [1.82, 2.24) is 10.3 Å². The molecule has 0 aromatic carbocycles. The van der Waals surface area contributed by atoms with Crippen LogP contribution in [-0.4, -0.2) is 30.8 Å². The van der Waals surface area contributed by atoms with E-state index in [0.717, 1.165) is 31.9 Å². The third-order valence-electron chi connectivity index (χ3n) is 3.13. The van der Waals surface area contributed by atoms with Gasteiger partial charge in [0.1, 0.15) is 0 Å². The molecule has 0 saturated carbocycles. The molecule has 2 heterocycles. The van der Waals surface area contributed by atoms with Gasteiger partial charge in [-0.1, -0.05) is 0 Å². The summed E-state index contributed by atoms with van der Waals surface area (Å²) in [5.41, 5.74) is 1.19. The van der Waals surface area contributed by atoms with Crippen molar-refractivity contribution in [2.45, 2.75) is 51.8 Å². The normalized spacial score (nSPS) is 20.1. The highest BCUT2D eigenvalue weighted by Gasteiger charge is 2.23. The van der Waals surface area contributed by atoms with Crippen molar-refractivity contribution < 1.29 is 9.47 Å². The second-order valence-electron chi connectivity index (χ2n) is 6.02. The van der Waals surface area contributed by atoms with Crippen LogP contribution in [0.15, 0.2) is 0 Å². The number of hydrogen-bond acceptors (Lipinski definition) is 5. The number of methoxy groups -OCH3 is 1. The molecule has 108 valence electrons. The zero-order chi connectivity index (χ0) is 13.9. The lowest BCUT2D eigenvalue weighted by atomic mass is 10.1. The number of hydrogen-bond donors (Lipinski definition) is 1. The predicted octanol–water partition coefficient (Wildman–Crippen LogP) is 2.68. The molecule has 1 saturated heterocycles. The van der Waals surface area contributed by atoms with Gasteiger partial charge in [0, 0.05) is 36.6 Å². The largest absolute Gasteiger partial charge is 0.381 e. The van der Waals surface area contributed by atoms with Gasteiger partial charge in [0.2, 0.25) is 0 Å². The third-order valence-corrected chi connectivity index (χ3v) is 4.39. The first kappa shape index (κ1) is 14.9. The van der Waals surface area contributed by atoms with Crippen molar-refractivity contribution in [3.05, 3.63) is 15.6 Å². The van der Waals surface area contributed by atoms with E-state index in [4.69, 9.17) is 14.5 Å². The average molecular weight is 284 g/mol. The fraction of sp³-hybridized carbons (Fsp3) is 0.786. The van der Waals surface area contributed by atoms with Crippen LogP contribution in [0.5, 0.6) is 0 Å². The fourth-order valence-electron chi connectivity index (χ4n) is 2.04. The van der Waals surface area contributed by atoms with Crippen LogP contribution in [0.2, 0.25) is 0 Å². The highest BCUT2D eigenvalue weighted by Crippen LogP contribution is 2.31. The van der Waals surface area contributed by atoms with E-state index in [0.29, 0.717) is 12.5 Å². The minimum atomic E-state index is 0.116. The van der Waals surface area contributed by atoms with Crippen LogP contribution in [0.4, 0.5) is 0 Å². The number of nitrogens with one attached hydrogen (secondary N) is 1. The summed E-state index contributed by atoms with van der Waals surface area (Å²) < 4.78 is 10.7. The first-order valence-electron chi connectivity index (χ1n) is 6.80. The van der Waals surface area contributed by atoms with E-state index in [1.807, 2.05) is 0 Å². The predicted molar refractivity (Wildman–Crippen MR) is 77.6 cm³/mol. The van der Waals surface area contributed by atoms with Crippen LogP contribution in [-0.2, 0) is 22.6 Å². The van der Waals surface area contributed by atoms with E-state index < -0.39 is 0 Å². The second kappa shape index (κ2) is 6.31. The van der Waals surface area contributed by atoms with Crippen LogP contribution in [0, 0.1) is 0 Å². The van der Waals surface area contributed by atoms with Crippen molar-refractivity contribution in [3.63, 3.8) is 0 Å². The minimum absolute atomic E-state index is 0.116. The number of ether oxygens (including phenoxy) is 2. The Labute approximate surface area is 119 Å². The summed E-state index contributed by atoms with van der Waals surface area (Å²) >= 11 is 1.80. The van der Waals surface area contributed by atoms with E-state index in [1.54, 1.807) is 18.4 Å². The van der Waals surface area contributed by atoms with Gasteiger partial charge in [0.05, 0.1) is 23.9 Å². The van der Waals surface area contributed by atoms with Gasteiger partial charge in [-0.2, -0.15) is 0 Å². The molecule has 1 atom stereocenters. The third kappa shape index (κ3) is 4.24. The molecule has 2 rings (SSSR count). The minimum Gasteiger partial charge on any atom is -0.381 e. The fourth-order valence-corrected chi connectivity index (χ4v) is 3.17. The number of nitrogens with zero attached hydrogens (tertiary/aromatic N) is 1. The van der Waals surface area contributed by atoms with Gasteiger partial charge in [-0.25, -0.2) is 4.98 Å². The second-order valence-corrected chi connectivity index (χ2v) is 7.13. The average Bonchev–Trinajstić information content (AvgIpc) is 2.94. The quantitative estimate of drug-likeness (QED) is 0.903. The van der Waals surface area contributed by atoms with Crippen LogP contribution >= 0.6 is 11.3 Å². The molecule has 0 aliphatic carbocycles. The molecule has 5 heteroatoms. The van der Waals surface area contributed by atoms with Gasteiger partial charge < -0.3 is 14.8 Å². The van der Waals surface area contributed by atoms with Crippen LogP contribution in [0.25, 0.3) is 0 Å². The lowest BCUT2D eigenvalue weighted by molar-refractivity contribution is 0.180. The Hall–Kier alpha value is -0.490. The van der Waals surface area contributed by atoms with Crippen LogP contribution in [0.3, 0.4) is 0 Å². The highest BCUT2D eigenvalue weighted by molar-refractivity contribution is 7.11. The Balaban J connectivity index is 2.10. The summed E-state index contributed by atoms with van der Waals surface area (Å²) in [5, 5.41) is 4.73. The number of aromatic nitrogens is 1. The number of rotatable bonds is 5. The van der Waals surface area contributed by atoms with Gasteiger partial charge in [0.15, 0.2) is 0 Å². The molecule has 1 unspecified atom stereocenters. The molecular formula is C14H24N2O2S. The Morgan fingerprint density at radius 3 is 2.84 bits per heavy atom. The van der Waals surface area contributed by atoms with E-state index in [9.17, 15) is 0 Å². The molecule has 0 amide bonds. The van der Waals surface area contributed by atoms with Crippen molar-refractivity contribution in [2.24, 2.45) is 0 Å². The Morgan fingerprint density at radius 1 is 1.47 bits per heavy atom. The molecule has 1 aliphatic heterocycles. The molecular weight excluding hydrogens is 260 g/mol. The van der Waals surface area contributed by atoms with E-state index in [2.05, 4.69) is 26.1 Å². The molecule has 1 N–H and O–H groups in total. The molecule has 0 spiro atoms. The molecule has 1 aromatic heterocycles. The lowest BCUT2D eigenvalue weighted by Gasteiger charge is -2.20. The van der Waals surface area contributed by atoms with Gasteiger partial charge in [0.25, 0.3) is 0 Å². The summed E-state index contributed by atoms with van der Waals surface area (Å²) in [6.07, 6.45) is 1.09. The first-order chi connectivity index (χ1) is 8.99. The Morgan fingerprint density at radius 2 is 2.26 bits per heavy atom. The van der Waals surface area contributed by atoms with Crippen molar-refractivity contribution in [1.29, 1.82) is 0 Å². The maximum absolute atomic E-state index is 5.45. The van der Waals surface area contributed by atoms with Crippen molar-refractivity contribution in [2.75, 3.05) is 20.3 Å². The van der Waals surface area contributed by atoms with Gasteiger partial charge >= 0.3 is 0 Å². The molecule has 1 aromatic rings. The van der Waals surface area contributed by atoms with E-state index in [-0.39, 0.29) is 5.54 Å². The first-order valence-corrected chi connectivity index (χ1v) is 7.61. The van der Waals surface area contributed by atoms with E-state index >= 15 is 0 Å². The molecule has 0 radical (unpaired) electrons. The summed E-state index contributed by atoms with van der Waals surface area (Å²) in [7, 11) is 1.72. The molecule has 4 nitrogen and oxygen atoms in total. The maximum Gasteiger partial charge on any atom is 0.0987 e. The molecule has 1 aliphatic rings. The van der Waals surface area contributed by atoms with Gasteiger partial charge in [-0.05, 0) is 27.2 Å². The highest BCUT2D eigenvalue weighted by atomic mass is 32.1. The summed E-state index contributed by atoms with van der Waals surface area (Å²) in [4.78, 5) is 6.05. The van der Waals surface area contributed by atoms with Gasteiger partial charge in [-0.3, -0.25) is 0 Å². The molecule has 1 fully saturated rings. The Bertz CT molecular complexity index is 406. The van der Waals surface area contributed by atoms with E-state index in [1.165, 1.54) is 9.88 Å². The zero-order valence-corrected chi connectivity index (χ0v) is 13.1. The maximum atomic E-state index is 5.45. The van der Waals surface area contributed by atoms with Crippen LogP contribution in [0.1, 0.15) is 48.7 Å². The summed E-state index contributed by atoms with van der Waals surface area (Å²) in [6.45, 7) is 9.64. The molecule has 0 bridgehead atoms. The topological polar surface area (TPSA) is 43.4 Å². The standard InChI is InChI=1S/C14H24N2O2S/c1-14(2,3)15-7-12-11(9-17-4)16-13(19-12)10-5-6-18-8-10/h10,15H,5-9H2,1-4H3. The Kier molecular flexibility index (Phi) is 4.95.